The van der Waals surface area contributed by atoms with Crippen LogP contribution in [0, 0.1) is 13.1 Å². The summed E-state index contributed by atoms with van der Waals surface area (Å²) in [6.45, 7) is 15.6. The average Bonchev–Trinajstić information content (AvgIpc) is 4.17. The number of hydrogen-bond donors (Lipinski definition) is 0. The lowest BCUT2D eigenvalue weighted by Gasteiger charge is -2.12. The van der Waals surface area contributed by atoms with Gasteiger partial charge in [-0.3, -0.25) is 0 Å². The van der Waals surface area contributed by atoms with E-state index < -0.39 is 0 Å². The molecular weight excluding hydrogens is 963 g/mol. The molecule has 0 saturated heterocycles. The molecule has 4 aromatic heterocycles. The number of benzene rings is 11. The van der Waals surface area contributed by atoms with Crippen molar-refractivity contribution in [3.05, 3.63) is 284 Å². The lowest BCUT2D eigenvalue weighted by molar-refractivity contribution is 1.16. The minimum absolute atomic E-state index is 0.567. The fourth-order valence-corrected chi connectivity index (χ4v) is 11.7. The Labute approximate surface area is 455 Å². The summed E-state index contributed by atoms with van der Waals surface area (Å²) >= 11 is 0. The number of rotatable bonds is 8. The van der Waals surface area contributed by atoms with Crippen molar-refractivity contribution in [2.75, 3.05) is 0 Å². The summed E-state index contributed by atoms with van der Waals surface area (Å²) in [5.74, 6) is 0.701. The molecule has 15 rings (SSSR count). The highest BCUT2D eigenvalue weighted by atomic mass is 15.0. The van der Waals surface area contributed by atoms with Gasteiger partial charge in [-0.25, -0.2) is 19.7 Å². The predicted octanol–water partition coefficient (Wildman–Crippen LogP) is 19.2. The summed E-state index contributed by atoms with van der Waals surface area (Å²) in [6, 6.07) is 91.5. The van der Waals surface area contributed by atoms with Crippen LogP contribution < -0.4 is 0 Å². The SMILES string of the molecule is [C-]#[N+]c1ccc2c(c1)c1cc([N+]#[C-])ccc1n2-c1ccc2c(c1)c1cc(-n3c4ccccc4c4ccccc43)ccc1n2-c1ccc(-c2ccc(-c3ccc(-c4cc(-c5ccccc5)nc(-c5ccccc5)n4)cc3)cc2)cc1. The van der Waals surface area contributed by atoms with Crippen LogP contribution in [0.5, 0.6) is 0 Å². The van der Waals surface area contributed by atoms with Gasteiger partial charge in [-0.2, -0.15) is 0 Å². The van der Waals surface area contributed by atoms with Crippen molar-refractivity contribution < 1.29 is 0 Å². The average molecular weight is 1010 g/mol. The third kappa shape index (κ3) is 7.57. The van der Waals surface area contributed by atoms with Gasteiger partial charge in [0.05, 0.1) is 57.6 Å². The first-order chi connectivity index (χ1) is 39.0. The Hall–Kier alpha value is -11.1. The van der Waals surface area contributed by atoms with Gasteiger partial charge in [-0.15, -0.1) is 0 Å². The second-order valence-corrected chi connectivity index (χ2v) is 20.0. The van der Waals surface area contributed by atoms with E-state index in [9.17, 15) is 0 Å². The summed E-state index contributed by atoms with van der Waals surface area (Å²) < 4.78 is 7.03. The van der Waals surface area contributed by atoms with Gasteiger partial charge in [0.15, 0.2) is 17.2 Å². The predicted molar refractivity (Wildman–Crippen MR) is 325 cm³/mol. The molecule has 7 heteroatoms. The van der Waals surface area contributed by atoms with Crippen molar-refractivity contribution in [3.8, 4) is 73.2 Å². The Morgan fingerprint density at radius 1 is 0.253 bits per heavy atom. The molecule has 0 aliphatic carbocycles. The first kappa shape index (κ1) is 45.3. The number of para-hydroxylation sites is 2. The van der Waals surface area contributed by atoms with Crippen LogP contribution in [0.25, 0.3) is 148 Å². The molecule has 7 nitrogen and oxygen atoms in total. The van der Waals surface area contributed by atoms with Crippen LogP contribution in [0.2, 0.25) is 0 Å². The van der Waals surface area contributed by atoms with Crippen LogP contribution >= 0.6 is 0 Å². The van der Waals surface area contributed by atoms with Crippen LogP contribution in [0.3, 0.4) is 0 Å². The van der Waals surface area contributed by atoms with Gasteiger partial charge in [-0.05, 0) is 124 Å². The molecule has 0 unspecified atom stereocenters. The van der Waals surface area contributed by atoms with E-state index in [2.05, 4.69) is 211 Å². The van der Waals surface area contributed by atoms with Crippen molar-refractivity contribution in [1.82, 2.24) is 23.7 Å². The molecule has 366 valence electrons. The van der Waals surface area contributed by atoms with Crippen molar-refractivity contribution in [2.45, 2.75) is 0 Å². The third-order valence-electron chi connectivity index (χ3n) is 15.5. The van der Waals surface area contributed by atoms with E-state index in [-0.39, 0.29) is 0 Å². The Kier molecular flexibility index (Phi) is 10.5. The molecule has 0 bridgehead atoms. The Bertz CT molecular complexity index is 4810. The van der Waals surface area contributed by atoms with E-state index in [4.69, 9.17) is 23.1 Å². The molecule has 0 aliphatic rings. The highest BCUT2D eigenvalue weighted by Crippen LogP contribution is 2.42. The molecule has 0 saturated carbocycles. The monoisotopic (exact) mass is 1010 g/mol. The van der Waals surface area contributed by atoms with E-state index in [0.717, 1.165) is 122 Å². The van der Waals surface area contributed by atoms with E-state index in [1.807, 2.05) is 72.8 Å². The fourth-order valence-electron chi connectivity index (χ4n) is 11.7. The standard InChI is InChI=1S/C72H43N7/c1-73-53-31-37-68-60(41-53)61-42-54(74-2)32-38-69(61)79(68)57-36-40-71-63(44-57)62-43-56(78-66-19-11-9-17-58(66)59-18-10-12-20-67(59)78)35-39-70(62)77(71)55-33-29-49(30-34-55)47-23-21-46(22-24-47)48-25-27-51(28-26-48)65-45-64(50-13-5-3-6-14-50)75-72(76-65)52-15-7-4-8-16-52/h3-45H. The quantitative estimate of drug-likeness (QED) is 0.142. The Balaban J connectivity index is 0.802. The number of nitrogens with zero attached hydrogens (tertiary/aromatic N) is 7. The molecule has 0 radical (unpaired) electrons. The lowest BCUT2D eigenvalue weighted by atomic mass is 9.98. The zero-order valence-electron chi connectivity index (χ0n) is 42.5. The Morgan fingerprint density at radius 3 is 1.04 bits per heavy atom. The van der Waals surface area contributed by atoms with Gasteiger partial charge in [-0.1, -0.05) is 170 Å². The molecule has 0 atom stereocenters. The summed E-state index contributed by atoms with van der Waals surface area (Å²) in [6.07, 6.45) is 0. The van der Waals surface area contributed by atoms with Gasteiger partial charge in [0, 0.05) is 55.3 Å². The first-order valence-corrected chi connectivity index (χ1v) is 26.3. The second kappa shape index (κ2) is 18.3. The zero-order valence-corrected chi connectivity index (χ0v) is 42.5. The molecule has 0 spiro atoms. The molecule has 0 aliphatic heterocycles. The van der Waals surface area contributed by atoms with Crippen molar-refractivity contribution >= 4 is 76.8 Å². The molecular formula is C72H43N7. The van der Waals surface area contributed by atoms with Gasteiger partial charge in [0.2, 0.25) is 0 Å². The second-order valence-electron chi connectivity index (χ2n) is 20.0. The highest BCUT2D eigenvalue weighted by Gasteiger charge is 2.20. The number of aromatic nitrogens is 5. The van der Waals surface area contributed by atoms with Crippen LogP contribution in [0.15, 0.2) is 261 Å². The zero-order chi connectivity index (χ0) is 52.6. The summed E-state index contributed by atoms with van der Waals surface area (Å²) in [5, 5.41) is 6.57. The summed E-state index contributed by atoms with van der Waals surface area (Å²) in [7, 11) is 0. The third-order valence-corrected chi connectivity index (χ3v) is 15.5. The summed E-state index contributed by atoms with van der Waals surface area (Å²) in [5.41, 5.74) is 20.1. The van der Waals surface area contributed by atoms with Gasteiger partial charge >= 0.3 is 0 Å². The molecule has 11 aromatic carbocycles. The minimum Gasteiger partial charge on any atom is -0.309 e. The Morgan fingerprint density at radius 2 is 0.582 bits per heavy atom. The summed E-state index contributed by atoms with van der Waals surface area (Å²) in [4.78, 5) is 17.5. The van der Waals surface area contributed by atoms with Crippen LogP contribution in [0.4, 0.5) is 11.4 Å². The number of fused-ring (bicyclic) bond motifs is 9. The smallest absolute Gasteiger partial charge is 0.188 e. The maximum absolute atomic E-state index is 7.80. The van der Waals surface area contributed by atoms with Crippen LogP contribution in [-0.4, -0.2) is 23.7 Å². The van der Waals surface area contributed by atoms with Gasteiger partial charge in [0.1, 0.15) is 0 Å². The van der Waals surface area contributed by atoms with E-state index in [1.165, 1.54) is 10.8 Å². The molecule has 79 heavy (non-hydrogen) atoms. The molecule has 4 heterocycles. The molecule has 0 N–H and O–H groups in total. The fraction of sp³-hybridized carbons (Fsp3) is 0. The van der Waals surface area contributed by atoms with Gasteiger partial charge in [0.25, 0.3) is 0 Å². The van der Waals surface area contributed by atoms with Crippen LogP contribution in [0.1, 0.15) is 0 Å². The maximum atomic E-state index is 7.80. The highest BCUT2D eigenvalue weighted by molar-refractivity contribution is 6.15. The topological polar surface area (TPSA) is 49.3 Å². The van der Waals surface area contributed by atoms with Crippen molar-refractivity contribution in [2.24, 2.45) is 0 Å². The van der Waals surface area contributed by atoms with Crippen molar-refractivity contribution in [1.29, 1.82) is 0 Å². The van der Waals surface area contributed by atoms with E-state index in [1.54, 1.807) is 0 Å². The molecule has 0 fully saturated rings. The minimum atomic E-state index is 0.567. The van der Waals surface area contributed by atoms with Crippen molar-refractivity contribution in [3.63, 3.8) is 0 Å². The maximum Gasteiger partial charge on any atom is 0.188 e. The largest absolute Gasteiger partial charge is 0.309 e. The van der Waals surface area contributed by atoms with E-state index >= 15 is 0 Å². The van der Waals surface area contributed by atoms with Crippen LogP contribution in [-0.2, 0) is 0 Å². The molecule has 0 amide bonds. The van der Waals surface area contributed by atoms with E-state index in [0.29, 0.717) is 17.2 Å². The lowest BCUT2D eigenvalue weighted by Crippen LogP contribution is -1.96. The normalized spacial score (nSPS) is 11.5. The number of hydrogen-bond acceptors (Lipinski definition) is 2. The van der Waals surface area contributed by atoms with Gasteiger partial charge < -0.3 is 13.7 Å². The molecule has 15 aromatic rings. The first-order valence-electron chi connectivity index (χ1n) is 26.3.